The molecule has 0 fully saturated rings. The molecule has 21 heavy (non-hydrogen) atoms. The van der Waals surface area contributed by atoms with Gasteiger partial charge < -0.3 is 4.74 Å². The molecule has 0 aliphatic carbocycles. The number of ether oxygens (including phenoxy) is 1. The van der Waals surface area contributed by atoms with Crippen molar-refractivity contribution in [3.63, 3.8) is 0 Å². The van der Waals surface area contributed by atoms with Gasteiger partial charge in [0.2, 0.25) is 10.0 Å². The molecule has 1 N–H and O–H groups in total. The molecule has 1 atom stereocenters. The lowest BCUT2D eigenvalue weighted by Gasteiger charge is -2.16. The van der Waals surface area contributed by atoms with E-state index in [1.807, 2.05) is 37.3 Å². The molecule has 2 aromatic rings. The van der Waals surface area contributed by atoms with Crippen LogP contribution in [0.2, 0.25) is 0 Å². The molecule has 0 spiro atoms. The SMILES string of the molecule is CO[C@@H](CNS(=O)(=O)c1ccc(C)cc1)c1ccccc1. The fourth-order valence-corrected chi connectivity index (χ4v) is 3.02. The van der Waals surface area contributed by atoms with E-state index in [9.17, 15) is 8.42 Å². The van der Waals surface area contributed by atoms with Crippen molar-refractivity contribution in [1.82, 2.24) is 4.72 Å². The average molecular weight is 305 g/mol. The number of hydrogen-bond acceptors (Lipinski definition) is 3. The molecular formula is C16H19NO3S. The second-order valence-electron chi connectivity index (χ2n) is 4.80. The molecule has 0 heterocycles. The summed E-state index contributed by atoms with van der Waals surface area (Å²) < 4.78 is 32.4. The Morgan fingerprint density at radius 3 is 2.24 bits per heavy atom. The quantitative estimate of drug-likeness (QED) is 0.892. The minimum Gasteiger partial charge on any atom is -0.375 e. The lowest BCUT2D eigenvalue weighted by molar-refractivity contribution is 0.107. The van der Waals surface area contributed by atoms with Crippen LogP contribution in [0, 0.1) is 6.92 Å². The third kappa shape index (κ3) is 4.14. The third-order valence-corrected chi connectivity index (χ3v) is 4.69. The van der Waals surface area contributed by atoms with Gasteiger partial charge in [0.25, 0.3) is 0 Å². The lowest BCUT2D eigenvalue weighted by atomic mass is 10.1. The molecule has 112 valence electrons. The summed E-state index contributed by atoms with van der Waals surface area (Å²) in [6.45, 7) is 2.11. The Labute approximate surface area is 125 Å². The number of rotatable bonds is 6. The van der Waals surface area contributed by atoms with Gasteiger partial charge >= 0.3 is 0 Å². The van der Waals surface area contributed by atoms with Crippen molar-refractivity contribution in [3.05, 3.63) is 65.7 Å². The van der Waals surface area contributed by atoms with E-state index in [0.29, 0.717) is 0 Å². The molecule has 0 radical (unpaired) electrons. The Bertz CT molecular complexity index is 666. The van der Waals surface area contributed by atoms with Crippen molar-refractivity contribution in [2.24, 2.45) is 0 Å². The summed E-state index contributed by atoms with van der Waals surface area (Å²) >= 11 is 0. The molecule has 4 nitrogen and oxygen atoms in total. The summed E-state index contributed by atoms with van der Waals surface area (Å²) in [6.07, 6.45) is -0.313. The van der Waals surface area contributed by atoms with E-state index < -0.39 is 10.0 Å². The highest BCUT2D eigenvalue weighted by molar-refractivity contribution is 7.89. The van der Waals surface area contributed by atoms with E-state index in [0.717, 1.165) is 11.1 Å². The van der Waals surface area contributed by atoms with Gasteiger partial charge in [-0.2, -0.15) is 0 Å². The first-order valence-electron chi connectivity index (χ1n) is 6.67. The smallest absolute Gasteiger partial charge is 0.240 e. The van der Waals surface area contributed by atoms with Gasteiger partial charge in [-0.15, -0.1) is 0 Å². The summed E-state index contributed by atoms with van der Waals surface area (Å²) in [7, 11) is -1.95. The van der Waals surface area contributed by atoms with Gasteiger partial charge in [-0.1, -0.05) is 48.0 Å². The van der Waals surface area contributed by atoms with Gasteiger partial charge in [0.15, 0.2) is 0 Å². The van der Waals surface area contributed by atoms with Gasteiger partial charge in [0, 0.05) is 13.7 Å². The number of aryl methyl sites for hydroxylation is 1. The van der Waals surface area contributed by atoms with Crippen LogP contribution in [0.1, 0.15) is 17.2 Å². The standard InChI is InChI=1S/C16H19NO3S/c1-13-8-10-15(11-9-13)21(18,19)17-12-16(20-2)14-6-4-3-5-7-14/h3-11,16-17H,12H2,1-2H3/t16-/m0/s1. The van der Waals surface area contributed by atoms with Crippen LogP contribution in [0.4, 0.5) is 0 Å². The van der Waals surface area contributed by atoms with Crippen LogP contribution in [0.25, 0.3) is 0 Å². The monoisotopic (exact) mass is 305 g/mol. The van der Waals surface area contributed by atoms with Crippen LogP contribution in [0.5, 0.6) is 0 Å². The second kappa shape index (κ2) is 6.85. The molecule has 0 saturated carbocycles. The fraction of sp³-hybridized carbons (Fsp3) is 0.250. The van der Waals surface area contributed by atoms with Gasteiger partial charge in [0.1, 0.15) is 0 Å². The molecule has 0 bridgehead atoms. The van der Waals surface area contributed by atoms with Crippen LogP contribution in [-0.4, -0.2) is 22.1 Å². The highest BCUT2D eigenvalue weighted by Gasteiger charge is 2.17. The number of hydrogen-bond donors (Lipinski definition) is 1. The first kappa shape index (κ1) is 15.7. The Morgan fingerprint density at radius 1 is 1.05 bits per heavy atom. The van der Waals surface area contributed by atoms with Crippen molar-refractivity contribution < 1.29 is 13.2 Å². The van der Waals surface area contributed by atoms with Crippen LogP contribution in [-0.2, 0) is 14.8 Å². The van der Waals surface area contributed by atoms with Crippen LogP contribution < -0.4 is 4.72 Å². The average Bonchev–Trinajstić information content (AvgIpc) is 2.49. The minimum atomic E-state index is -3.52. The molecule has 0 aliphatic rings. The maximum atomic E-state index is 12.2. The molecule has 0 saturated heterocycles. The van der Waals surface area contributed by atoms with E-state index in [2.05, 4.69) is 4.72 Å². The van der Waals surface area contributed by atoms with Gasteiger partial charge in [-0.25, -0.2) is 13.1 Å². The minimum absolute atomic E-state index is 0.191. The zero-order valence-electron chi connectivity index (χ0n) is 12.1. The van der Waals surface area contributed by atoms with Crippen molar-refractivity contribution in [2.45, 2.75) is 17.9 Å². The van der Waals surface area contributed by atoms with Crippen LogP contribution in [0.3, 0.4) is 0 Å². The maximum absolute atomic E-state index is 12.2. The highest BCUT2D eigenvalue weighted by Crippen LogP contribution is 2.16. The van der Waals surface area contributed by atoms with E-state index in [1.54, 1.807) is 31.4 Å². The van der Waals surface area contributed by atoms with Crippen LogP contribution >= 0.6 is 0 Å². The predicted molar refractivity (Wildman–Crippen MR) is 82.6 cm³/mol. The van der Waals surface area contributed by atoms with E-state index >= 15 is 0 Å². The zero-order valence-corrected chi connectivity index (χ0v) is 12.9. The van der Waals surface area contributed by atoms with Gasteiger partial charge in [-0.3, -0.25) is 0 Å². The summed E-state index contributed by atoms with van der Waals surface area (Å²) in [5, 5.41) is 0. The zero-order chi connectivity index (χ0) is 15.3. The molecule has 0 amide bonds. The van der Waals surface area contributed by atoms with Crippen LogP contribution in [0.15, 0.2) is 59.5 Å². The normalized spacial score (nSPS) is 13.0. The molecule has 0 aliphatic heterocycles. The summed E-state index contributed by atoms with van der Waals surface area (Å²) in [5.74, 6) is 0. The van der Waals surface area contributed by atoms with E-state index in [1.165, 1.54) is 0 Å². The van der Waals surface area contributed by atoms with E-state index in [4.69, 9.17) is 4.74 Å². The second-order valence-corrected chi connectivity index (χ2v) is 6.57. The molecule has 2 aromatic carbocycles. The van der Waals surface area contributed by atoms with Crippen molar-refractivity contribution in [1.29, 1.82) is 0 Å². The predicted octanol–water partition coefficient (Wildman–Crippen LogP) is 2.66. The van der Waals surface area contributed by atoms with Crippen molar-refractivity contribution in [3.8, 4) is 0 Å². The molecular weight excluding hydrogens is 286 g/mol. The summed E-state index contributed by atoms with van der Waals surface area (Å²) in [4.78, 5) is 0.260. The Hall–Kier alpha value is -1.69. The topological polar surface area (TPSA) is 55.4 Å². The fourth-order valence-electron chi connectivity index (χ4n) is 1.99. The summed E-state index contributed by atoms with van der Waals surface area (Å²) in [5.41, 5.74) is 1.96. The first-order chi connectivity index (χ1) is 10.0. The molecule has 0 aromatic heterocycles. The number of benzene rings is 2. The number of nitrogens with one attached hydrogen (secondary N) is 1. The third-order valence-electron chi connectivity index (χ3n) is 3.25. The molecule has 5 heteroatoms. The first-order valence-corrected chi connectivity index (χ1v) is 8.15. The Kier molecular flexibility index (Phi) is 5.12. The van der Waals surface area contributed by atoms with Gasteiger partial charge in [0.05, 0.1) is 11.0 Å². The van der Waals surface area contributed by atoms with Gasteiger partial charge in [-0.05, 0) is 24.6 Å². The largest absolute Gasteiger partial charge is 0.375 e. The Balaban J connectivity index is 2.08. The van der Waals surface area contributed by atoms with Crippen molar-refractivity contribution in [2.75, 3.05) is 13.7 Å². The van der Waals surface area contributed by atoms with E-state index in [-0.39, 0.29) is 17.5 Å². The number of sulfonamides is 1. The maximum Gasteiger partial charge on any atom is 0.240 e. The van der Waals surface area contributed by atoms with Crippen molar-refractivity contribution >= 4 is 10.0 Å². The highest BCUT2D eigenvalue weighted by atomic mass is 32.2. The Morgan fingerprint density at radius 2 is 1.67 bits per heavy atom. The summed E-state index contributed by atoms with van der Waals surface area (Å²) in [6, 6.07) is 16.3. The lowest BCUT2D eigenvalue weighted by Crippen LogP contribution is -2.29. The molecule has 0 unspecified atom stereocenters. The number of methoxy groups -OCH3 is 1. The molecule has 2 rings (SSSR count).